The molecule has 0 saturated heterocycles. The van der Waals surface area contributed by atoms with E-state index in [2.05, 4.69) is 10.1 Å². The lowest BCUT2D eigenvalue weighted by Gasteiger charge is -2.14. The number of rotatable bonds is 6. The first kappa shape index (κ1) is 12.1. The third kappa shape index (κ3) is 4.05. The van der Waals surface area contributed by atoms with Gasteiger partial charge in [-0.05, 0) is 6.92 Å². The molecule has 0 radical (unpaired) electrons. The number of hydrogen-bond donors (Lipinski definition) is 2. The van der Waals surface area contributed by atoms with Gasteiger partial charge in [0.2, 0.25) is 5.89 Å². The molecule has 88 valence electrons. The van der Waals surface area contributed by atoms with Gasteiger partial charge in [0.25, 0.3) is 0 Å². The van der Waals surface area contributed by atoms with Crippen molar-refractivity contribution in [3.8, 4) is 0 Å². The summed E-state index contributed by atoms with van der Waals surface area (Å²) in [4.78, 5) is 26.0. The van der Waals surface area contributed by atoms with Crippen molar-refractivity contribution in [2.24, 2.45) is 0 Å². The fourth-order valence-electron chi connectivity index (χ4n) is 1.15. The van der Waals surface area contributed by atoms with E-state index in [-0.39, 0.29) is 12.4 Å². The van der Waals surface area contributed by atoms with E-state index in [0.717, 1.165) is 0 Å². The van der Waals surface area contributed by atoms with Crippen LogP contribution in [0.4, 0.5) is 0 Å². The smallest absolute Gasteiger partial charge is 0.317 e. The van der Waals surface area contributed by atoms with Crippen LogP contribution in [0.1, 0.15) is 11.7 Å². The molecule has 0 aliphatic carbocycles. The highest BCUT2D eigenvalue weighted by Crippen LogP contribution is 2.01. The predicted octanol–water partition coefficient (Wildman–Crippen LogP) is -0.651. The molecule has 16 heavy (non-hydrogen) atoms. The maximum absolute atomic E-state index is 10.5. The van der Waals surface area contributed by atoms with Gasteiger partial charge in [0.1, 0.15) is 0 Å². The molecule has 0 spiro atoms. The Balaban J connectivity index is 2.62. The van der Waals surface area contributed by atoms with Crippen molar-refractivity contribution in [3.63, 3.8) is 0 Å². The Labute approximate surface area is 90.5 Å². The number of hydrogen-bond acceptors (Lipinski definition) is 6. The van der Waals surface area contributed by atoms with Gasteiger partial charge in [-0.25, -0.2) is 0 Å². The maximum atomic E-state index is 10.5. The highest BCUT2D eigenvalue weighted by atomic mass is 16.5. The molecule has 1 rings (SSSR count). The summed E-state index contributed by atoms with van der Waals surface area (Å²) in [7, 11) is 0. The summed E-state index contributed by atoms with van der Waals surface area (Å²) in [5, 5.41) is 20.7. The van der Waals surface area contributed by atoms with Gasteiger partial charge in [0.15, 0.2) is 5.82 Å². The van der Waals surface area contributed by atoms with E-state index >= 15 is 0 Å². The highest BCUT2D eigenvalue weighted by Gasteiger charge is 2.16. The third-order valence-electron chi connectivity index (χ3n) is 1.65. The Morgan fingerprint density at radius 1 is 1.31 bits per heavy atom. The molecule has 0 aromatic carbocycles. The van der Waals surface area contributed by atoms with E-state index in [1.54, 1.807) is 6.92 Å². The van der Waals surface area contributed by atoms with Crippen LogP contribution in [-0.4, -0.2) is 50.3 Å². The maximum Gasteiger partial charge on any atom is 0.317 e. The van der Waals surface area contributed by atoms with E-state index in [0.29, 0.717) is 5.82 Å². The summed E-state index contributed by atoms with van der Waals surface area (Å²) in [6.07, 6.45) is 0. The largest absolute Gasteiger partial charge is 0.480 e. The second-order valence-electron chi connectivity index (χ2n) is 3.17. The summed E-state index contributed by atoms with van der Waals surface area (Å²) in [5.74, 6) is -1.62. The van der Waals surface area contributed by atoms with E-state index in [9.17, 15) is 9.59 Å². The average Bonchev–Trinajstić information content (AvgIpc) is 2.48. The molecule has 0 saturated carbocycles. The van der Waals surface area contributed by atoms with Gasteiger partial charge < -0.3 is 14.7 Å². The lowest BCUT2D eigenvalue weighted by atomic mass is 10.4. The lowest BCUT2D eigenvalue weighted by molar-refractivity contribution is -0.142. The van der Waals surface area contributed by atoms with Crippen LogP contribution in [0.2, 0.25) is 0 Å². The highest BCUT2D eigenvalue weighted by molar-refractivity contribution is 5.72. The molecule has 0 aliphatic rings. The first-order valence-corrected chi connectivity index (χ1v) is 4.42. The summed E-state index contributed by atoms with van der Waals surface area (Å²) in [6, 6.07) is 0. The Kier molecular flexibility index (Phi) is 3.95. The van der Waals surface area contributed by atoms with Gasteiger partial charge in [0, 0.05) is 0 Å². The zero-order valence-electron chi connectivity index (χ0n) is 8.58. The number of carbonyl (C=O) groups is 2. The monoisotopic (exact) mass is 229 g/mol. The van der Waals surface area contributed by atoms with Gasteiger partial charge in [0.05, 0.1) is 19.6 Å². The zero-order valence-corrected chi connectivity index (χ0v) is 8.58. The molecular weight excluding hydrogens is 218 g/mol. The third-order valence-corrected chi connectivity index (χ3v) is 1.65. The fraction of sp³-hybridized carbons (Fsp3) is 0.500. The number of carboxylic acid groups (broad SMARTS) is 2. The number of aryl methyl sites for hydroxylation is 1. The molecule has 0 aliphatic heterocycles. The molecule has 8 heteroatoms. The van der Waals surface area contributed by atoms with Crippen molar-refractivity contribution in [2.45, 2.75) is 13.5 Å². The fourth-order valence-corrected chi connectivity index (χ4v) is 1.15. The Morgan fingerprint density at radius 2 is 1.88 bits per heavy atom. The zero-order chi connectivity index (χ0) is 12.1. The number of nitrogens with zero attached hydrogens (tertiary/aromatic N) is 3. The summed E-state index contributed by atoms with van der Waals surface area (Å²) in [5.41, 5.74) is 0. The second-order valence-corrected chi connectivity index (χ2v) is 3.17. The van der Waals surface area contributed by atoms with Gasteiger partial charge >= 0.3 is 11.9 Å². The molecule has 0 bridgehead atoms. The van der Waals surface area contributed by atoms with Crippen molar-refractivity contribution >= 4 is 11.9 Å². The topological polar surface area (TPSA) is 117 Å². The second kappa shape index (κ2) is 5.21. The normalized spacial score (nSPS) is 10.6. The minimum Gasteiger partial charge on any atom is -0.480 e. The van der Waals surface area contributed by atoms with Gasteiger partial charge in [-0.3, -0.25) is 14.5 Å². The van der Waals surface area contributed by atoms with Crippen molar-refractivity contribution in [1.82, 2.24) is 15.0 Å². The standard InChI is InChI=1S/C8H11N3O5/c1-5-9-6(16-10-5)2-11(3-7(12)13)4-8(14)15/h2-4H2,1H3,(H,12,13)(H,14,15). The molecule has 0 fully saturated rings. The summed E-state index contributed by atoms with van der Waals surface area (Å²) < 4.78 is 4.77. The van der Waals surface area contributed by atoms with Crippen LogP contribution < -0.4 is 0 Å². The Hall–Kier alpha value is -1.96. The van der Waals surface area contributed by atoms with Crippen LogP contribution in [0.25, 0.3) is 0 Å². The first-order valence-electron chi connectivity index (χ1n) is 4.42. The van der Waals surface area contributed by atoms with Crippen LogP contribution in [0, 0.1) is 6.92 Å². The van der Waals surface area contributed by atoms with E-state index < -0.39 is 25.0 Å². The van der Waals surface area contributed by atoms with Crippen LogP contribution in [0.3, 0.4) is 0 Å². The quantitative estimate of drug-likeness (QED) is 0.660. The van der Waals surface area contributed by atoms with Crippen molar-refractivity contribution in [1.29, 1.82) is 0 Å². The minimum absolute atomic E-state index is 0.000556. The van der Waals surface area contributed by atoms with E-state index in [4.69, 9.17) is 14.7 Å². The Morgan fingerprint density at radius 3 is 2.25 bits per heavy atom. The Bertz CT molecular complexity index is 373. The number of carboxylic acids is 2. The summed E-state index contributed by atoms with van der Waals surface area (Å²) >= 11 is 0. The molecule has 1 aromatic heterocycles. The average molecular weight is 229 g/mol. The van der Waals surface area contributed by atoms with Crippen LogP contribution in [0.5, 0.6) is 0 Å². The first-order chi connectivity index (χ1) is 7.47. The lowest BCUT2D eigenvalue weighted by Crippen LogP contribution is -2.34. The molecule has 0 unspecified atom stereocenters. The molecule has 8 nitrogen and oxygen atoms in total. The summed E-state index contributed by atoms with van der Waals surface area (Å²) in [6.45, 7) is 0.826. The number of aliphatic carboxylic acids is 2. The number of aromatic nitrogens is 2. The van der Waals surface area contributed by atoms with Crippen LogP contribution >= 0.6 is 0 Å². The predicted molar refractivity (Wildman–Crippen MR) is 49.6 cm³/mol. The van der Waals surface area contributed by atoms with Gasteiger partial charge in [-0.1, -0.05) is 5.16 Å². The van der Waals surface area contributed by atoms with Crippen LogP contribution in [-0.2, 0) is 16.1 Å². The minimum atomic E-state index is -1.11. The van der Waals surface area contributed by atoms with E-state index in [1.807, 2.05) is 0 Å². The van der Waals surface area contributed by atoms with Crippen molar-refractivity contribution in [3.05, 3.63) is 11.7 Å². The molecule has 1 heterocycles. The van der Waals surface area contributed by atoms with Crippen molar-refractivity contribution < 1.29 is 24.3 Å². The van der Waals surface area contributed by atoms with Crippen LogP contribution in [0.15, 0.2) is 4.52 Å². The molecule has 1 aromatic rings. The molecule has 0 amide bonds. The molecule has 0 atom stereocenters. The van der Waals surface area contributed by atoms with Crippen molar-refractivity contribution in [2.75, 3.05) is 13.1 Å². The SMILES string of the molecule is Cc1noc(CN(CC(=O)O)CC(=O)O)n1. The van der Waals surface area contributed by atoms with E-state index in [1.165, 1.54) is 4.90 Å². The molecular formula is C8H11N3O5. The van der Waals surface area contributed by atoms with Gasteiger partial charge in [-0.15, -0.1) is 0 Å². The molecule has 2 N–H and O–H groups in total. The van der Waals surface area contributed by atoms with Gasteiger partial charge in [-0.2, -0.15) is 4.98 Å².